The summed E-state index contributed by atoms with van der Waals surface area (Å²) in [6.45, 7) is 0.891. The fraction of sp³-hybridized carbons (Fsp3) is 0.444. The number of likely N-dealkylation sites (tertiary alicyclic amines) is 1. The van der Waals surface area contributed by atoms with E-state index in [0.29, 0.717) is 17.9 Å². The van der Waals surface area contributed by atoms with E-state index in [9.17, 15) is 15.2 Å². The van der Waals surface area contributed by atoms with Crippen LogP contribution < -0.4 is 10.1 Å². The summed E-state index contributed by atoms with van der Waals surface area (Å²) < 4.78 is 5.20. The minimum atomic E-state index is -0.463. The van der Waals surface area contributed by atoms with Crippen LogP contribution in [-0.2, 0) is 4.79 Å². The number of methoxy groups -OCH3 is 1. The van der Waals surface area contributed by atoms with Crippen LogP contribution in [0.5, 0.6) is 5.75 Å². The second-order valence-corrected chi connectivity index (χ2v) is 5.71. The molecule has 2 rings (SSSR count). The molecule has 1 aliphatic rings. The van der Waals surface area contributed by atoms with Crippen LogP contribution >= 0.6 is 0 Å². The summed E-state index contributed by atoms with van der Waals surface area (Å²) in [6.07, 6.45) is 5.34. The van der Waals surface area contributed by atoms with E-state index in [1.807, 2.05) is 17.0 Å². The van der Waals surface area contributed by atoms with E-state index in [4.69, 9.17) is 4.74 Å². The van der Waals surface area contributed by atoms with Crippen molar-refractivity contribution in [1.82, 2.24) is 4.90 Å². The Morgan fingerprint density at radius 2 is 2.29 bits per heavy atom. The van der Waals surface area contributed by atoms with Gasteiger partial charge < -0.3 is 20.1 Å². The number of benzene rings is 1. The zero-order valence-electron chi connectivity index (χ0n) is 13.9. The average Bonchev–Trinajstić information content (AvgIpc) is 2.61. The maximum absolute atomic E-state index is 12.4. The number of nitriles is 1. The number of rotatable bonds is 6. The lowest BCUT2D eigenvalue weighted by molar-refractivity contribution is -0.112. The average molecular weight is 329 g/mol. The number of carbonyl (C=O) groups is 1. The highest BCUT2D eigenvalue weighted by atomic mass is 16.5. The maximum Gasteiger partial charge on any atom is 0.267 e. The Balaban J connectivity index is 2.14. The Hall–Kier alpha value is -2.52. The third kappa shape index (κ3) is 4.49. The number of anilines is 1. The molecule has 1 aromatic carbocycles. The standard InChI is InChI=1S/C18H23N3O3/c1-24-17-8-3-2-7-16(17)20-18(23)14(12-19)13-21-10-5-4-6-15(21)9-11-22/h2-3,7-8,13,15,22H,4-6,9-11H2,1H3,(H,20,23)/b14-13-. The van der Waals surface area contributed by atoms with Crippen molar-refractivity contribution in [2.24, 2.45) is 0 Å². The molecule has 1 amide bonds. The predicted molar refractivity (Wildman–Crippen MR) is 91.4 cm³/mol. The Labute approximate surface area is 142 Å². The molecule has 6 nitrogen and oxygen atoms in total. The summed E-state index contributed by atoms with van der Waals surface area (Å²) in [5.74, 6) is 0.0783. The van der Waals surface area contributed by atoms with Crippen molar-refractivity contribution in [1.29, 1.82) is 5.26 Å². The number of amides is 1. The molecule has 1 atom stereocenters. The van der Waals surface area contributed by atoms with Crippen LogP contribution in [0.4, 0.5) is 5.69 Å². The van der Waals surface area contributed by atoms with Gasteiger partial charge in [0.05, 0.1) is 12.8 Å². The quantitative estimate of drug-likeness (QED) is 0.618. The predicted octanol–water partition coefficient (Wildman–Crippen LogP) is 2.28. The summed E-state index contributed by atoms with van der Waals surface area (Å²) in [5, 5.41) is 21.3. The summed E-state index contributed by atoms with van der Waals surface area (Å²) in [7, 11) is 1.53. The number of hydrogen-bond acceptors (Lipinski definition) is 5. The number of aliphatic hydroxyl groups excluding tert-OH is 1. The molecule has 24 heavy (non-hydrogen) atoms. The van der Waals surface area contributed by atoms with Gasteiger partial charge in [0.2, 0.25) is 0 Å². The van der Waals surface area contributed by atoms with Crippen molar-refractivity contribution in [3.05, 3.63) is 36.0 Å². The fourth-order valence-electron chi connectivity index (χ4n) is 2.89. The molecule has 1 fully saturated rings. The van der Waals surface area contributed by atoms with E-state index in [0.717, 1.165) is 25.8 Å². The zero-order valence-corrected chi connectivity index (χ0v) is 13.9. The van der Waals surface area contributed by atoms with Crippen molar-refractivity contribution in [3.8, 4) is 11.8 Å². The summed E-state index contributed by atoms with van der Waals surface area (Å²) >= 11 is 0. The van der Waals surface area contributed by atoms with Gasteiger partial charge >= 0.3 is 0 Å². The molecule has 0 aliphatic carbocycles. The molecule has 1 unspecified atom stereocenters. The molecule has 6 heteroatoms. The first-order valence-electron chi connectivity index (χ1n) is 8.12. The van der Waals surface area contributed by atoms with Crippen molar-refractivity contribution in [2.45, 2.75) is 31.7 Å². The molecule has 1 aliphatic heterocycles. The van der Waals surface area contributed by atoms with Gasteiger partial charge in [-0.3, -0.25) is 4.79 Å². The van der Waals surface area contributed by atoms with Crippen LogP contribution in [0.2, 0.25) is 0 Å². The molecule has 1 aromatic rings. The molecule has 0 bridgehead atoms. The van der Waals surface area contributed by atoms with Gasteiger partial charge in [0.1, 0.15) is 17.4 Å². The van der Waals surface area contributed by atoms with Crippen molar-refractivity contribution in [2.75, 3.05) is 25.6 Å². The topological polar surface area (TPSA) is 85.6 Å². The third-order valence-electron chi connectivity index (χ3n) is 4.15. The van der Waals surface area contributed by atoms with Crippen LogP contribution in [0.15, 0.2) is 36.0 Å². The number of aliphatic hydroxyl groups is 1. The van der Waals surface area contributed by atoms with Crippen molar-refractivity contribution >= 4 is 11.6 Å². The maximum atomic E-state index is 12.4. The second-order valence-electron chi connectivity index (χ2n) is 5.71. The lowest BCUT2D eigenvalue weighted by Crippen LogP contribution is -2.37. The summed E-state index contributed by atoms with van der Waals surface area (Å²) in [6, 6.07) is 9.21. The van der Waals surface area contributed by atoms with E-state index in [1.54, 1.807) is 24.4 Å². The molecule has 0 spiro atoms. The molecular formula is C18H23N3O3. The van der Waals surface area contributed by atoms with Crippen LogP contribution in [0.1, 0.15) is 25.7 Å². The van der Waals surface area contributed by atoms with Gasteiger partial charge in [-0.2, -0.15) is 5.26 Å². The first-order valence-corrected chi connectivity index (χ1v) is 8.12. The van der Waals surface area contributed by atoms with E-state index < -0.39 is 5.91 Å². The first kappa shape index (κ1) is 17.8. The van der Waals surface area contributed by atoms with Gasteiger partial charge in [-0.25, -0.2) is 0 Å². The van der Waals surface area contributed by atoms with Gasteiger partial charge in [-0.15, -0.1) is 0 Å². The van der Waals surface area contributed by atoms with Crippen LogP contribution in [0, 0.1) is 11.3 Å². The fourth-order valence-corrected chi connectivity index (χ4v) is 2.89. The number of ether oxygens (including phenoxy) is 1. The molecule has 2 N–H and O–H groups in total. The van der Waals surface area contributed by atoms with Gasteiger partial charge in [0, 0.05) is 25.4 Å². The molecule has 0 saturated carbocycles. The minimum Gasteiger partial charge on any atom is -0.495 e. The Kier molecular flexibility index (Phi) is 6.64. The molecule has 0 aromatic heterocycles. The summed E-state index contributed by atoms with van der Waals surface area (Å²) in [5.41, 5.74) is 0.572. The largest absolute Gasteiger partial charge is 0.495 e. The first-order chi connectivity index (χ1) is 11.7. The number of carbonyl (C=O) groups excluding carboxylic acids is 1. The highest BCUT2D eigenvalue weighted by molar-refractivity contribution is 6.07. The van der Waals surface area contributed by atoms with Gasteiger partial charge in [-0.05, 0) is 37.8 Å². The highest BCUT2D eigenvalue weighted by Crippen LogP contribution is 2.24. The highest BCUT2D eigenvalue weighted by Gasteiger charge is 2.21. The number of piperidine rings is 1. The molecule has 0 radical (unpaired) electrons. The summed E-state index contributed by atoms with van der Waals surface area (Å²) in [4.78, 5) is 14.4. The van der Waals surface area contributed by atoms with Gasteiger partial charge in [-0.1, -0.05) is 12.1 Å². The van der Waals surface area contributed by atoms with Gasteiger partial charge in [0.15, 0.2) is 0 Å². The normalized spacial score (nSPS) is 18.0. The zero-order chi connectivity index (χ0) is 17.4. The lowest BCUT2D eigenvalue weighted by Gasteiger charge is -2.34. The van der Waals surface area contributed by atoms with E-state index in [-0.39, 0.29) is 18.2 Å². The monoisotopic (exact) mass is 329 g/mol. The van der Waals surface area contributed by atoms with E-state index in [2.05, 4.69) is 5.32 Å². The van der Waals surface area contributed by atoms with Crippen LogP contribution in [-0.4, -0.2) is 42.2 Å². The smallest absolute Gasteiger partial charge is 0.267 e. The SMILES string of the molecule is COc1ccccc1NC(=O)/C(C#N)=C\N1CCCCC1CCO. The number of nitrogens with one attached hydrogen (secondary N) is 1. The third-order valence-corrected chi connectivity index (χ3v) is 4.15. The molecule has 128 valence electrons. The van der Waals surface area contributed by atoms with Crippen LogP contribution in [0.25, 0.3) is 0 Å². The number of hydrogen-bond donors (Lipinski definition) is 2. The van der Waals surface area contributed by atoms with E-state index in [1.165, 1.54) is 7.11 Å². The molecule has 1 heterocycles. The molecular weight excluding hydrogens is 306 g/mol. The second kappa shape index (κ2) is 8.94. The van der Waals surface area contributed by atoms with Crippen LogP contribution in [0.3, 0.4) is 0 Å². The van der Waals surface area contributed by atoms with E-state index >= 15 is 0 Å². The lowest BCUT2D eigenvalue weighted by atomic mass is 10.00. The number of para-hydroxylation sites is 2. The van der Waals surface area contributed by atoms with Crippen molar-refractivity contribution in [3.63, 3.8) is 0 Å². The Bertz CT molecular complexity index is 635. The Morgan fingerprint density at radius 1 is 1.50 bits per heavy atom. The Morgan fingerprint density at radius 3 is 3.00 bits per heavy atom. The van der Waals surface area contributed by atoms with Crippen molar-refractivity contribution < 1.29 is 14.6 Å². The number of nitrogens with zero attached hydrogens (tertiary/aromatic N) is 2. The molecule has 1 saturated heterocycles. The minimum absolute atomic E-state index is 0.0470. The van der Waals surface area contributed by atoms with Gasteiger partial charge in [0.25, 0.3) is 5.91 Å².